The van der Waals surface area contributed by atoms with Crippen molar-refractivity contribution in [3.8, 4) is 33.4 Å². The van der Waals surface area contributed by atoms with E-state index in [4.69, 9.17) is 0 Å². The second-order valence-electron chi connectivity index (χ2n) is 21.2. The molecule has 3 heterocycles. The van der Waals surface area contributed by atoms with Gasteiger partial charge in [-0.3, -0.25) is 9.80 Å². The summed E-state index contributed by atoms with van der Waals surface area (Å²) < 4.78 is 39.1. The normalized spacial score (nSPS) is 17.4. The largest absolute Gasteiger partial charge is 0.316 e. The minimum atomic E-state index is -0.189. The van der Waals surface area contributed by atoms with Crippen LogP contribution in [0.5, 0.6) is 0 Å². The zero-order valence-corrected chi connectivity index (χ0v) is 46.8. The molecule has 0 aliphatic carbocycles. The fourth-order valence-electron chi connectivity index (χ4n) is 11.1. The summed E-state index contributed by atoms with van der Waals surface area (Å²) >= 11 is 3.36. The highest BCUT2D eigenvalue weighted by molar-refractivity contribution is 9.08. The average molecular weight is 1120 g/mol. The quantitative estimate of drug-likeness (QED) is 0.130. The second kappa shape index (κ2) is 29.9. The van der Waals surface area contributed by atoms with Crippen LogP contribution in [0.25, 0.3) is 33.4 Å². The van der Waals surface area contributed by atoms with Crippen molar-refractivity contribution in [1.82, 2.24) is 15.1 Å². The van der Waals surface area contributed by atoms with Crippen molar-refractivity contribution >= 4 is 15.9 Å². The average Bonchev–Trinajstić information content (AvgIpc) is 3.53. The lowest BCUT2D eigenvalue weighted by Crippen LogP contribution is -2.33. The Morgan fingerprint density at radius 1 is 0.354 bits per heavy atom. The molecule has 3 fully saturated rings. The number of rotatable bonds is 11. The molecule has 0 saturated carbocycles. The van der Waals surface area contributed by atoms with Crippen LogP contribution in [0.4, 0.5) is 13.2 Å². The van der Waals surface area contributed by atoms with Gasteiger partial charge in [0.05, 0.1) is 0 Å². The Kier molecular flexibility index (Phi) is 21.5. The third kappa shape index (κ3) is 17.6. The summed E-state index contributed by atoms with van der Waals surface area (Å²) in [6.45, 7) is 8.88. The van der Waals surface area contributed by atoms with Gasteiger partial charge < -0.3 is 5.32 Å². The lowest BCUT2D eigenvalue weighted by atomic mass is 9.89. The predicted molar refractivity (Wildman–Crippen MR) is 327 cm³/mol. The van der Waals surface area contributed by atoms with Gasteiger partial charge in [0.2, 0.25) is 0 Å². The molecule has 3 nitrogen and oxygen atoms in total. The van der Waals surface area contributed by atoms with Crippen LogP contribution in [-0.4, -0.2) is 49.1 Å². The SMILES string of the molecule is BrCc1ccccc1.Fc1ccc(-c2ccc(C3CCCN(Cc4ccccc4)C3)cc2)cc1.Fc1ccc(-c2ccc(C3CCCN(Cc4ccccc4)C3)cc2)cc1.Fc1ccc(-c2ccc(C3CCCNC3)cc2)cc1. The first-order chi connectivity index (χ1) is 38.8. The Morgan fingerprint density at radius 2 is 0.658 bits per heavy atom. The second-order valence-corrected chi connectivity index (χ2v) is 21.7. The van der Waals surface area contributed by atoms with Gasteiger partial charge in [0, 0.05) is 38.1 Å². The first-order valence-corrected chi connectivity index (χ1v) is 29.3. The summed E-state index contributed by atoms with van der Waals surface area (Å²) in [6, 6.07) is 78.2. The van der Waals surface area contributed by atoms with Crippen molar-refractivity contribution < 1.29 is 13.2 Å². The van der Waals surface area contributed by atoms with Gasteiger partial charge in [0.1, 0.15) is 17.5 Å². The highest BCUT2D eigenvalue weighted by atomic mass is 79.9. The Bertz CT molecular complexity index is 2990. The Hall–Kier alpha value is -6.87. The molecule has 12 rings (SSSR count). The Morgan fingerprint density at radius 3 is 0.962 bits per heavy atom. The summed E-state index contributed by atoms with van der Waals surface area (Å²) in [7, 11) is 0. The van der Waals surface area contributed by atoms with Gasteiger partial charge in [0.25, 0.3) is 0 Å². The van der Waals surface area contributed by atoms with Crippen LogP contribution in [0.15, 0.2) is 237 Å². The summed E-state index contributed by atoms with van der Waals surface area (Å²) in [5.74, 6) is 1.26. The lowest BCUT2D eigenvalue weighted by Gasteiger charge is -2.33. The fraction of sp³-hybridized carbons (Fsp3) is 0.250. The smallest absolute Gasteiger partial charge is 0.123 e. The van der Waals surface area contributed by atoms with Crippen LogP contribution >= 0.6 is 15.9 Å². The fourth-order valence-corrected chi connectivity index (χ4v) is 11.5. The van der Waals surface area contributed by atoms with Crippen molar-refractivity contribution in [3.63, 3.8) is 0 Å². The maximum Gasteiger partial charge on any atom is 0.123 e. The first kappa shape index (κ1) is 56.8. The predicted octanol–water partition coefficient (Wildman–Crippen LogP) is 18.3. The molecular formula is C72H73BrF3N3. The summed E-state index contributed by atoms with van der Waals surface area (Å²) in [5, 5.41) is 4.40. The summed E-state index contributed by atoms with van der Waals surface area (Å²) in [6.07, 6.45) is 7.52. The van der Waals surface area contributed by atoms with E-state index < -0.39 is 0 Å². The van der Waals surface area contributed by atoms with E-state index in [1.807, 2.05) is 54.6 Å². The lowest BCUT2D eigenvalue weighted by molar-refractivity contribution is 0.200. The Labute approximate surface area is 476 Å². The summed E-state index contributed by atoms with van der Waals surface area (Å²) in [4.78, 5) is 5.13. The van der Waals surface area contributed by atoms with Crippen molar-refractivity contribution in [2.24, 2.45) is 0 Å². The molecule has 0 radical (unpaired) electrons. The molecule has 3 saturated heterocycles. The van der Waals surface area contributed by atoms with Gasteiger partial charge in [0.15, 0.2) is 0 Å². The highest BCUT2D eigenvalue weighted by Gasteiger charge is 2.23. The molecule has 79 heavy (non-hydrogen) atoms. The molecule has 3 aliphatic rings. The molecule has 0 aromatic heterocycles. The highest BCUT2D eigenvalue weighted by Crippen LogP contribution is 2.32. The van der Waals surface area contributed by atoms with E-state index >= 15 is 0 Å². The molecular weight excluding hydrogens is 1040 g/mol. The number of nitrogens with one attached hydrogen (secondary N) is 1. The van der Waals surface area contributed by atoms with Crippen LogP contribution in [0.1, 0.15) is 89.7 Å². The van der Waals surface area contributed by atoms with Crippen LogP contribution in [0.2, 0.25) is 0 Å². The van der Waals surface area contributed by atoms with Crippen LogP contribution < -0.4 is 5.32 Å². The molecule has 0 amide bonds. The van der Waals surface area contributed by atoms with E-state index in [9.17, 15) is 13.2 Å². The maximum absolute atomic E-state index is 13.1. The monoisotopic (exact) mass is 1120 g/mol. The molecule has 0 bridgehead atoms. The van der Waals surface area contributed by atoms with Crippen LogP contribution in [0, 0.1) is 17.5 Å². The molecule has 9 aromatic carbocycles. The molecule has 3 aliphatic heterocycles. The van der Waals surface area contributed by atoms with E-state index in [1.54, 1.807) is 0 Å². The number of hydrogen-bond donors (Lipinski definition) is 1. The van der Waals surface area contributed by atoms with Gasteiger partial charge in [-0.05, 0) is 179 Å². The first-order valence-electron chi connectivity index (χ1n) is 28.2. The summed E-state index contributed by atoms with van der Waals surface area (Å²) in [5.41, 5.74) is 14.9. The van der Waals surface area contributed by atoms with E-state index in [0.717, 1.165) is 78.0 Å². The molecule has 0 spiro atoms. The number of nitrogens with zero attached hydrogens (tertiary/aromatic N) is 2. The van der Waals surface area contributed by atoms with Gasteiger partial charge in [-0.25, -0.2) is 13.2 Å². The van der Waals surface area contributed by atoms with Gasteiger partial charge in [-0.1, -0.05) is 216 Å². The number of hydrogen-bond acceptors (Lipinski definition) is 3. The number of halogens is 4. The molecule has 7 heteroatoms. The third-order valence-electron chi connectivity index (χ3n) is 15.5. The minimum Gasteiger partial charge on any atom is -0.316 e. The van der Waals surface area contributed by atoms with Gasteiger partial charge >= 0.3 is 0 Å². The third-order valence-corrected chi connectivity index (χ3v) is 16.1. The number of benzene rings is 9. The molecule has 3 unspecified atom stereocenters. The molecule has 1 N–H and O–H groups in total. The Balaban J connectivity index is 0.000000135. The zero-order valence-electron chi connectivity index (χ0n) is 45.3. The van der Waals surface area contributed by atoms with Crippen molar-refractivity contribution in [2.45, 2.75) is 74.7 Å². The topological polar surface area (TPSA) is 18.5 Å². The molecule has 9 aromatic rings. The van der Waals surface area contributed by atoms with Crippen LogP contribution in [0.3, 0.4) is 0 Å². The van der Waals surface area contributed by atoms with E-state index in [2.05, 4.69) is 177 Å². The van der Waals surface area contributed by atoms with Gasteiger partial charge in [-0.15, -0.1) is 0 Å². The molecule has 3 atom stereocenters. The van der Waals surface area contributed by atoms with E-state index in [0.29, 0.717) is 17.8 Å². The zero-order chi connectivity index (χ0) is 54.4. The number of likely N-dealkylation sites (tertiary alicyclic amines) is 2. The van der Waals surface area contributed by atoms with E-state index in [-0.39, 0.29) is 17.5 Å². The van der Waals surface area contributed by atoms with Gasteiger partial charge in [-0.2, -0.15) is 0 Å². The van der Waals surface area contributed by atoms with Crippen molar-refractivity contribution in [2.75, 3.05) is 39.3 Å². The van der Waals surface area contributed by atoms with Crippen molar-refractivity contribution in [3.05, 3.63) is 287 Å². The molecule has 404 valence electrons. The van der Waals surface area contributed by atoms with Crippen molar-refractivity contribution in [1.29, 1.82) is 0 Å². The number of piperidine rings is 3. The van der Waals surface area contributed by atoms with E-state index in [1.165, 1.54) is 121 Å². The standard InChI is InChI=1S/2C24H24FN.C17H18FN.C7H7Br/c2*25-24-14-12-21(13-15-24)20-8-10-22(11-9-20)23-7-4-16-26(18-23)17-19-5-2-1-3-6-19;18-17-9-7-14(8-10-17)13-3-5-15(6-4-13)16-2-1-11-19-12-16;8-6-7-4-2-1-3-5-7/h2*1-3,5-6,8-15,23H,4,7,16-18H2;3-10,16,19H,1-2,11-12H2;1-5H,6H2. The minimum absolute atomic E-state index is 0.186. The van der Waals surface area contributed by atoms with Crippen LogP contribution in [-0.2, 0) is 18.4 Å². The maximum atomic E-state index is 13.1. The number of alkyl halides is 1.